The van der Waals surface area contributed by atoms with Gasteiger partial charge in [0, 0.05) is 10.9 Å². The number of rotatable bonds is 1. The molecular formula is C39H26Br2FN5. The molecule has 0 unspecified atom stereocenters. The van der Waals surface area contributed by atoms with Crippen molar-refractivity contribution in [1.29, 1.82) is 0 Å². The minimum atomic E-state index is -0.215. The Hall–Kier alpha value is -5.05. The highest BCUT2D eigenvalue weighted by atomic mass is 79.9. The second-order valence-electron chi connectivity index (χ2n) is 11.1. The molecule has 0 fully saturated rings. The number of halogens is 3. The highest BCUT2D eigenvalue weighted by Gasteiger charge is 2.21. The van der Waals surface area contributed by atoms with E-state index in [9.17, 15) is 4.39 Å². The van der Waals surface area contributed by atoms with Crippen molar-refractivity contribution in [2.24, 2.45) is 0 Å². The van der Waals surface area contributed by atoms with Gasteiger partial charge in [0.1, 0.15) is 11.6 Å². The summed E-state index contributed by atoms with van der Waals surface area (Å²) in [6, 6.07) is 48.2. The van der Waals surface area contributed by atoms with Crippen molar-refractivity contribution >= 4 is 70.7 Å². The van der Waals surface area contributed by atoms with Crippen LogP contribution in [0.1, 0.15) is 11.4 Å². The van der Waals surface area contributed by atoms with Gasteiger partial charge in [-0.25, -0.2) is 14.4 Å². The molecule has 0 spiro atoms. The second kappa shape index (κ2) is 12.3. The summed E-state index contributed by atoms with van der Waals surface area (Å²) in [5.74, 6) is 1.87. The van der Waals surface area contributed by atoms with Gasteiger partial charge < -0.3 is 0 Å². The molecule has 6 aromatic carbocycles. The molecule has 5 nitrogen and oxygen atoms in total. The number of hydrogen-bond donors (Lipinski definition) is 0. The molecule has 0 aliphatic carbocycles. The quantitative estimate of drug-likeness (QED) is 0.168. The summed E-state index contributed by atoms with van der Waals surface area (Å²) in [6.07, 6.45) is 0.949. The van der Waals surface area contributed by atoms with Gasteiger partial charge in [-0.2, -0.15) is 0 Å². The van der Waals surface area contributed by atoms with E-state index in [2.05, 4.69) is 147 Å². The molecule has 1 aliphatic rings. The minimum Gasteiger partial charge on any atom is -0.296 e. The van der Waals surface area contributed by atoms with Crippen molar-refractivity contribution in [3.8, 4) is 11.4 Å². The van der Waals surface area contributed by atoms with Crippen LogP contribution in [0.4, 0.5) is 4.39 Å². The summed E-state index contributed by atoms with van der Waals surface area (Å²) in [5, 5.41) is 0. The summed E-state index contributed by atoms with van der Waals surface area (Å²) in [4.78, 5) is 9.55. The second-order valence-corrected chi connectivity index (χ2v) is 12.8. The van der Waals surface area contributed by atoms with Crippen LogP contribution in [0.3, 0.4) is 0 Å². The number of para-hydroxylation sites is 8. The molecule has 0 N–H and O–H groups in total. The maximum atomic E-state index is 12.3. The molecule has 0 saturated heterocycles. The standard InChI is InChI=1S/C19H12BrN3.C14H10N2.C6H4BrF/c20-13-7-1-3-9-15(13)22-17-11-5-6-12-18(17)23-16-10-4-2-8-14(16)21-19(22)23;1-3-7-12-10(5-1)9-14-15-11-6-2-4-8-13(11)16(12)14;7-5-3-1-2-4-6(5)8/h1-12H;1-8H,9H2;1-4H. The molecule has 0 radical (unpaired) electrons. The Balaban J connectivity index is 0.000000117. The van der Waals surface area contributed by atoms with E-state index in [0.29, 0.717) is 4.47 Å². The van der Waals surface area contributed by atoms with Gasteiger partial charge in [-0.05, 0) is 104 Å². The molecule has 8 heteroatoms. The first-order valence-electron chi connectivity index (χ1n) is 15.1. The maximum Gasteiger partial charge on any atom is 0.220 e. The lowest BCUT2D eigenvalue weighted by Crippen LogP contribution is -1.95. The molecule has 1 aliphatic heterocycles. The van der Waals surface area contributed by atoms with E-state index in [0.717, 1.165) is 55.8 Å². The molecular weight excluding hydrogens is 717 g/mol. The van der Waals surface area contributed by atoms with Gasteiger partial charge in [0.2, 0.25) is 5.78 Å². The fourth-order valence-electron chi connectivity index (χ4n) is 6.17. The topological polar surface area (TPSA) is 40.1 Å². The van der Waals surface area contributed by atoms with Crippen LogP contribution in [0, 0.1) is 5.82 Å². The first-order valence-corrected chi connectivity index (χ1v) is 16.7. The summed E-state index contributed by atoms with van der Waals surface area (Å²) in [7, 11) is 0. The van der Waals surface area contributed by atoms with Gasteiger partial charge >= 0.3 is 0 Å². The third-order valence-corrected chi connectivity index (χ3v) is 9.55. The molecule has 4 heterocycles. The largest absolute Gasteiger partial charge is 0.296 e. The molecule has 9 aromatic rings. The lowest BCUT2D eigenvalue weighted by atomic mass is 10.1. The monoisotopic (exact) mass is 741 g/mol. The average Bonchev–Trinajstić information content (AvgIpc) is 3.84. The molecule has 0 saturated carbocycles. The van der Waals surface area contributed by atoms with Gasteiger partial charge in [0.15, 0.2) is 0 Å². The van der Waals surface area contributed by atoms with E-state index < -0.39 is 0 Å². The molecule has 228 valence electrons. The van der Waals surface area contributed by atoms with Crippen molar-refractivity contribution < 1.29 is 4.39 Å². The number of benzene rings is 6. The summed E-state index contributed by atoms with van der Waals surface area (Å²) >= 11 is 6.70. The highest BCUT2D eigenvalue weighted by molar-refractivity contribution is 9.10. The predicted molar refractivity (Wildman–Crippen MR) is 195 cm³/mol. The summed E-state index contributed by atoms with van der Waals surface area (Å²) < 4.78 is 20.5. The van der Waals surface area contributed by atoms with Crippen molar-refractivity contribution in [3.63, 3.8) is 0 Å². The Bertz CT molecular complexity index is 2540. The van der Waals surface area contributed by atoms with Gasteiger partial charge in [-0.1, -0.05) is 78.9 Å². The Morgan fingerprint density at radius 1 is 0.489 bits per heavy atom. The molecule has 0 bridgehead atoms. The Labute approximate surface area is 286 Å². The molecule has 47 heavy (non-hydrogen) atoms. The van der Waals surface area contributed by atoms with Crippen LogP contribution in [0.25, 0.3) is 50.3 Å². The smallest absolute Gasteiger partial charge is 0.220 e. The van der Waals surface area contributed by atoms with Crippen LogP contribution in [0.2, 0.25) is 0 Å². The van der Waals surface area contributed by atoms with Crippen molar-refractivity contribution in [1.82, 2.24) is 23.5 Å². The van der Waals surface area contributed by atoms with E-state index in [1.807, 2.05) is 24.3 Å². The SMILES string of the molecule is Brc1ccccc1-n1c2ccccc2n2c3ccccc3nc12.Fc1ccccc1Br.c1ccc2c(c1)Cc1nc3ccccc3n1-2. The fourth-order valence-corrected chi connectivity index (χ4v) is 6.92. The first kappa shape index (κ1) is 29.4. The number of aromatic nitrogens is 5. The Morgan fingerprint density at radius 2 is 1.04 bits per heavy atom. The third-order valence-electron chi connectivity index (χ3n) is 8.24. The Morgan fingerprint density at radius 3 is 1.74 bits per heavy atom. The lowest BCUT2D eigenvalue weighted by molar-refractivity contribution is 0.621. The van der Waals surface area contributed by atoms with Crippen molar-refractivity contribution in [2.45, 2.75) is 6.42 Å². The van der Waals surface area contributed by atoms with Gasteiger partial charge in [0.05, 0.1) is 48.9 Å². The maximum absolute atomic E-state index is 12.3. The van der Waals surface area contributed by atoms with Crippen LogP contribution >= 0.6 is 31.9 Å². The van der Waals surface area contributed by atoms with E-state index in [4.69, 9.17) is 4.98 Å². The van der Waals surface area contributed by atoms with E-state index in [1.165, 1.54) is 22.8 Å². The minimum absolute atomic E-state index is 0.215. The van der Waals surface area contributed by atoms with Crippen LogP contribution in [-0.2, 0) is 6.42 Å². The number of fused-ring (bicyclic) bond motifs is 10. The Kier molecular flexibility index (Phi) is 7.67. The van der Waals surface area contributed by atoms with Crippen LogP contribution in [0.15, 0.2) is 155 Å². The first-order chi connectivity index (χ1) is 23.1. The van der Waals surface area contributed by atoms with Crippen LogP contribution in [0.5, 0.6) is 0 Å². The van der Waals surface area contributed by atoms with Gasteiger partial charge in [-0.15, -0.1) is 0 Å². The summed E-state index contributed by atoms with van der Waals surface area (Å²) in [5.41, 5.74) is 10.5. The number of nitrogens with zero attached hydrogens (tertiary/aromatic N) is 5. The van der Waals surface area contributed by atoms with Gasteiger partial charge in [0.25, 0.3) is 0 Å². The highest BCUT2D eigenvalue weighted by Crippen LogP contribution is 2.33. The molecule has 10 rings (SSSR count). The fraction of sp³-hybridized carbons (Fsp3) is 0.0256. The predicted octanol–water partition coefficient (Wildman–Crippen LogP) is 10.7. The van der Waals surface area contributed by atoms with E-state index in [-0.39, 0.29) is 5.82 Å². The number of imidazole rings is 3. The van der Waals surface area contributed by atoms with Crippen LogP contribution < -0.4 is 0 Å². The zero-order chi connectivity index (χ0) is 31.9. The molecule has 3 aromatic heterocycles. The van der Waals surface area contributed by atoms with Crippen LogP contribution in [-0.4, -0.2) is 23.5 Å². The lowest BCUT2D eigenvalue weighted by Gasteiger charge is -2.07. The van der Waals surface area contributed by atoms with E-state index in [1.54, 1.807) is 18.2 Å². The van der Waals surface area contributed by atoms with E-state index >= 15 is 0 Å². The average molecular weight is 743 g/mol. The molecule has 0 atom stereocenters. The normalized spacial score (nSPS) is 11.6. The van der Waals surface area contributed by atoms with Crippen molar-refractivity contribution in [2.75, 3.05) is 0 Å². The number of hydrogen-bond acceptors (Lipinski definition) is 2. The zero-order valence-electron chi connectivity index (χ0n) is 24.9. The zero-order valence-corrected chi connectivity index (χ0v) is 28.1. The van der Waals surface area contributed by atoms with Gasteiger partial charge in [-0.3, -0.25) is 13.5 Å². The molecule has 0 amide bonds. The summed E-state index contributed by atoms with van der Waals surface area (Å²) in [6.45, 7) is 0. The third kappa shape index (κ3) is 5.23. The van der Waals surface area contributed by atoms with Crippen molar-refractivity contribution in [3.05, 3.63) is 172 Å².